The van der Waals surface area contributed by atoms with Crippen molar-refractivity contribution < 1.29 is 69.7 Å². The maximum atomic E-state index is 12.5. The lowest BCUT2D eigenvalue weighted by Crippen LogP contribution is -2.63. The van der Waals surface area contributed by atoms with Gasteiger partial charge in [-0.3, -0.25) is 9.59 Å². The van der Waals surface area contributed by atoms with Gasteiger partial charge in [0.2, 0.25) is 0 Å². The Balaban J connectivity index is -0.000000620. The maximum absolute atomic E-state index is 12.5. The SMILES string of the molecule is C=C.C=C.CCCCCOC[Si](C)(O[Si](C)(C)O[Si](C)(C)C)O[Si](C)(CC(=O)OC)O[Si](C)(C)O[Si](C)(C)C.CCCCCOC[Si](C)(O[Si](C)(C)O[Si](C)(C)C)O[Si](C)(CC(=O)OC)O[Si](C)(C)O[Si](C)(C)C. The quantitative estimate of drug-likeness (QED) is 0.0252. The second-order valence-corrected chi connectivity index (χ2v) is 71.2. The highest BCUT2D eigenvalue weighted by Crippen LogP contribution is 2.32. The van der Waals surface area contributed by atoms with E-state index >= 15 is 0 Å². The molecule has 4 unspecified atom stereocenters. The molecule has 0 rings (SSSR count). The highest BCUT2D eigenvalue weighted by Gasteiger charge is 2.54. The third kappa shape index (κ3) is 45.3. The molecule has 0 spiro atoms. The van der Waals surface area contributed by atoms with Gasteiger partial charge in [-0.25, -0.2) is 0 Å². The molecule has 0 amide bonds. The molecule has 0 heterocycles. The largest absolute Gasteiger partial charge is 0.469 e. The van der Waals surface area contributed by atoms with Crippen molar-refractivity contribution in [2.45, 2.75) is 222 Å². The van der Waals surface area contributed by atoms with E-state index in [0.717, 1.165) is 38.5 Å². The van der Waals surface area contributed by atoms with E-state index in [0.29, 0.717) is 25.7 Å². The third-order valence-corrected chi connectivity index (χ3v) is 51.5. The summed E-state index contributed by atoms with van der Waals surface area (Å²) in [5.41, 5.74) is 0. The number of rotatable bonds is 36. The first kappa shape index (κ1) is 81.0. The molecule has 0 aromatic carbocycles. The zero-order valence-electron chi connectivity index (χ0n) is 52.8. The molecule has 0 aliphatic rings. The molecule has 0 aliphatic heterocycles. The number of carbonyl (C=O) groups is 2. The first-order valence-corrected chi connectivity index (χ1v) is 61.4. The van der Waals surface area contributed by atoms with Gasteiger partial charge in [-0.1, -0.05) is 39.5 Å². The summed E-state index contributed by atoms with van der Waals surface area (Å²) >= 11 is 0. The molecule has 0 N–H and O–H groups in total. The van der Waals surface area contributed by atoms with Crippen molar-refractivity contribution in [3.05, 3.63) is 26.3 Å². The van der Waals surface area contributed by atoms with Crippen LogP contribution in [0.1, 0.15) is 52.4 Å². The van der Waals surface area contributed by atoms with Crippen molar-refractivity contribution in [1.29, 1.82) is 0 Å². The van der Waals surface area contributed by atoms with Gasteiger partial charge in [-0.05, 0) is 170 Å². The third-order valence-electron chi connectivity index (χ3n) is 8.82. The topological polar surface area (TPSA) is 163 Å². The van der Waals surface area contributed by atoms with Crippen LogP contribution < -0.4 is 0 Å². The Morgan fingerprint density at radius 1 is 0.324 bits per heavy atom. The van der Waals surface area contributed by atoms with Crippen molar-refractivity contribution in [3.63, 3.8) is 0 Å². The van der Waals surface area contributed by atoms with E-state index < -0.39 is 102 Å². The number of carbonyl (C=O) groups excluding carboxylic acids is 2. The summed E-state index contributed by atoms with van der Waals surface area (Å²) in [6.07, 6.45) is 7.18. The van der Waals surface area contributed by atoms with Crippen molar-refractivity contribution >= 4 is 114 Å². The highest BCUT2D eigenvalue weighted by molar-refractivity contribution is 6.94. The molecule has 0 radical (unpaired) electrons. The first-order chi connectivity index (χ1) is 33.1. The second kappa shape index (κ2) is 35.4. The fourth-order valence-electron chi connectivity index (χ4n) is 8.46. The lowest BCUT2D eigenvalue weighted by atomic mass is 10.3. The Hall–Kier alpha value is 0.543. The van der Waals surface area contributed by atoms with Crippen LogP contribution in [0.3, 0.4) is 0 Å². The Kier molecular flexibility index (Phi) is 38.8. The van der Waals surface area contributed by atoms with Gasteiger partial charge in [0.25, 0.3) is 0 Å². The monoisotopic (exact) mass is 1260 g/mol. The molecule has 0 aromatic heterocycles. The summed E-state index contributed by atoms with van der Waals surface area (Å²) in [5.74, 6) is -0.709. The minimum atomic E-state index is -3.12. The molecule has 0 bridgehead atoms. The summed E-state index contributed by atoms with van der Waals surface area (Å²) in [4.78, 5) is 24.9. The molecular formula is C46H116O16Si12. The van der Waals surface area contributed by atoms with Gasteiger partial charge in [0.1, 0.15) is 0 Å². The van der Waals surface area contributed by atoms with E-state index in [1.807, 2.05) is 52.4 Å². The van der Waals surface area contributed by atoms with Gasteiger partial charge in [-0.2, -0.15) is 0 Å². The van der Waals surface area contributed by atoms with Crippen molar-refractivity contribution in [2.24, 2.45) is 0 Å². The summed E-state index contributed by atoms with van der Waals surface area (Å²) in [5, 5.41) is 0. The van der Waals surface area contributed by atoms with Gasteiger partial charge in [0.15, 0.2) is 33.3 Å². The average Bonchev–Trinajstić information content (AvgIpc) is 3.13. The zero-order chi connectivity index (χ0) is 59.5. The molecule has 0 fully saturated rings. The summed E-state index contributed by atoms with van der Waals surface area (Å²) < 4.78 is 88.6. The molecule has 0 saturated carbocycles. The Morgan fingerprint density at radius 3 is 0.730 bits per heavy atom. The van der Waals surface area contributed by atoms with Crippen molar-refractivity contribution in [3.8, 4) is 0 Å². The Bertz CT molecular complexity index is 1450. The van der Waals surface area contributed by atoms with Crippen LogP contribution >= 0.6 is 0 Å². The highest BCUT2D eigenvalue weighted by atomic mass is 28.5. The van der Waals surface area contributed by atoms with Crippen molar-refractivity contribution in [2.75, 3.05) is 39.9 Å². The summed E-state index contributed by atoms with van der Waals surface area (Å²) in [7, 11) is -27.1. The van der Waals surface area contributed by atoms with Crippen LogP contribution in [-0.2, 0) is 69.7 Å². The van der Waals surface area contributed by atoms with Crippen LogP contribution in [0.15, 0.2) is 26.3 Å². The predicted molar refractivity (Wildman–Crippen MR) is 337 cm³/mol. The molecule has 16 nitrogen and oxygen atoms in total. The van der Waals surface area contributed by atoms with Crippen molar-refractivity contribution in [1.82, 2.24) is 0 Å². The van der Waals surface area contributed by atoms with E-state index in [1.54, 1.807) is 0 Å². The van der Waals surface area contributed by atoms with Crippen LogP contribution in [0.5, 0.6) is 0 Å². The molecule has 28 heteroatoms. The van der Waals surface area contributed by atoms with Gasteiger partial charge < -0.3 is 60.1 Å². The first-order valence-electron chi connectivity index (χ1n) is 26.4. The number of hydrogen-bond acceptors (Lipinski definition) is 16. The fraction of sp³-hybridized carbons (Fsp3) is 0.870. The average molecular weight is 1260 g/mol. The van der Waals surface area contributed by atoms with E-state index in [4.69, 9.17) is 60.1 Å². The van der Waals surface area contributed by atoms with E-state index in [-0.39, 0.29) is 24.0 Å². The van der Waals surface area contributed by atoms with Gasteiger partial charge in [-0.15, -0.1) is 26.3 Å². The smallest absolute Gasteiger partial charge is 0.344 e. The van der Waals surface area contributed by atoms with Crippen LogP contribution in [0, 0.1) is 0 Å². The minimum Gasteiger partial charge on any atom is -0.469 e. The lowest BCUT2D eigenvalue weighted by Gasteiger charge is -2.44. The fourth-order valence-corrected chi connectivity index (χ4v) is 64.8. The summed E-state index contributed by atoms with van der Waals surface area (Å²) in [6.45, 7) is 67.6. The number of hydrogen-bond donors (Lipinski definition) is 0. The standard InChI is InChI=1S/2C21H54O8Si6.2C2H4/c2*1-15-16-17-18-24-20-35(14,28-33(11,12)26-31(6,7)8)29-34(13,19-21(22)23-2)27-32(9,10)25-30(3,4)5;2*1-2/h2*15-20H2,1-14H3;2*1-2H2. The molecule has 0 aromatic rings. The van der Waals surface area contributed by atoms with Crippen LogP contribution in [-0.4, -0.2) is 154 Å². The molecule has 0 saturated heterocycles. The zero-order valence-corrected chi connectivity index (χ0v) is 64.8. The van der Waals surface area contributed by atoms with Gasteiger partial charge >= 0.3 is 80.4 Å². The molecule has 4 atom stereocenters. The molecular weight excluding hydrogens is 1150 g/mol. The molecule has 0 aliphatic carbocycles. The summed E-state index contributed by atoms with van der Waals surface area (Å²) in [6, 6.07) is 0.126. The number of ether oxygens (including phenoxy) is 4. The van der Waals surface area contributed by atoms with E-state index in [2.05, 4.69) is 145 Å². The predicted octanol–water partition coefficient (Wildman–Crippen LogP) is 14.0. The lowest BCUT2D eigenvalue weighted by molar-refractivity contribution is -0.139. The second-order valence-electron chi connectivity index (χ2n) is 24.6. The van der Waals surface area contributed by atoms with Gasteiger partial charge in [0, 0.05) is 13.2 Å². The molecule has 74 heavy (non-hydrogen) atoms. The van der Waals surface area contributed by atoms with Crippen LogP contribution in [0.4, 0.5) is 0 Å². The van der Waals surface area contributed by atoms with E-state index in [9.17, 15) is 9.59 Å². The number of esters is 2. The van der Waals surface area contributed by atoms with Crippen LogP contribution in [0.25, 0.3) is 0 Å². The van der Waals surface area contributed by atoms with E-state index in [1.165, 1.54) is 14.2 Å². The normalized spacial score (nSPS) is 16.3. The Labute approximate surface area is 468 Å². The van der Waals surface area contributed by atoms with Crippen LogP contribution in [0.2, 0.25) is 169 Å². The number of unbranched alkanes of at least 4 members (excludes halogenated alkanes) is 4. The maximum Gasteiger partial charge on any atom is 0.344 e. The minimum absolute atomic E-state index is 0.0631. The molecule has 444 valence electrons. The number of methoxy groups -OCH3 is 2. The Morgan fingerprint density at radius 2 is 0.541 bits per heavy atom. The van der Waals surface area contributed by atoms with Gasteiger partial charge in [0.05, 0.1) is 38.8 Å².